The van der Waals surface area contributed by atoms with Crippen LogP contribution in [0.25, 0.3) is 0 Å². The van der Waals surface area contributed by atoms with Gasteiger partial charge < -0.3 is 4.18 Å². The average Bonchev–Trinajstić information content (AvgIpc) is 2.13. The summed E-state index contributed by atoms with van der Waals surface area (Å²) in [5, 5.41) is 0. The first-order valence-corrected chi connectivity index (χ1v) is 5.28. The lowest BCUT2D eigenvalue weighted by atomic mass is 10.2. The van der Waals surface area contributed by atoms with Crippen molar-refractivity contribution >= 4 is 18.0 Å². The van der Waals surface area contributed by atoms with E-state index >= 15 is 0 Å². The highest BCUT2D eigenvalue weighted by molar-refractivity contribution is 7.96. The average molecular weight is 228 g/mol. The van der Waals surface area contributed by atoms with Crippen LogP contribution in [0, 0.1) is 5.82 Å². The molecule has 0 atom stereocenters. The number of benzene rings is 1. The Hall–Kier alpha value is -1.03. The van der Waals surface area contributed by atoms with E-state index in [1.807, 2.05) is 20.8 Å². The Kier molecular flexibility index (Phi) is 3.74. The first kappa shape index (κ1) is 12.0. The summed E-state index contributed by atoms with van der Waals surface area (Å²) in [6, 6.07) is 5.45. The van der Waals surface area contributed by atoms with E-state index in [2.05, 4.69) is 0 Å². The Morgan fingerprint density at radius 2 is 2.07 bits per heavy atom. The molecule has 0 N–H and O–H groups in total. The first-order chi connectivity index (χ1) is 6.88. The van der Waals surface area contributed by atoms with Crippen LogP contribution in [0.1, 0.15) is 31.1 Å². The van der Waals surface area contributed by atoms with Gasteiger partial charge in [-0.1, -0.05) is 6.07 Å². The Labute approximate surface area is 93.0 Å². The third-order valence-corrected chi connectivity index (χ3v) is 2.16. The summed E-state index contributed by atoms with van der Waals surface area (Å²) in [7, 11) is 0. The van der Waals surface area contributed by atoms with Crippen molar-refractivity contribution in [1.29, 1.82) is 0 Å². The molecule has 0 saturated carbocycles. The number of carbonyl (C=O) groups is 1. The van der Waals surface area contributed by atoms with E-state index in [0.29, 0.717) is 0 Å². The second-order valence-electron chi connectivity index (χ2n) is 4.08. The molecule has 0 radical (unpaired) electrons. The Morgan fingerprint density at radius 1 is 1.40 bits per heavy atom. The van der Waals surface area contributed by atoms with Gasteiger partial charge in [0.2, 0.25) is 0 Å². The fourth-order valence-electron chi connectivity index (χ4n) is 0.826. The Morgan fingerprint density at radius 3 is 2.60 bits per heavy atom. The number of hydrogen-bond acceptors (Lipinski definition) is 3. The van der Waals surface area contributed by atoms with Crippen LogP contribution in [-0.4, -0.2) is 10.7 Å². The van der Waals surface area contributed by atoms with Crippen LogP contribution in [0.5, 0.6) is 0 Å². The van der Waals surface area contributed by atoms with Crippen LogP contribution in [-0.2, 0) is 4.18 Å². The molecule has 0 heterocycles. The molecule has 1 aromatic carbocycles. The molecule has 0 spiro atoms. The van der Waals surface area contributed by atoms with E-state index in [-0.39, 0.29) is 10.3 Å². The van der Waals surface area contributed by atoms with Gasteiger partial charge in [-0.05, 0) is 39.0 Å². The molecule has 0 aliphatic rings. The minimum Gasteiger partial charge on any atom is -0.387 e. The van der Waals surface area contributed by atoms with E-state index < -0.39 is 11.8 Å². The second kappa shape index (κ2) is 4.66. The third-order valence-electron chi connectivity index (χ3n) is 1.43. The largest absolute Gasteiger partial charge is 0.387 e. The van der Waals surface area contributed by atoms with Gasteiger partial charge >= 0.3 is 5.97 Å². The van der Waals surface area contributed by atoms with E-state index in [0.717, 1.165) is 18.1 Å². The fourth-order valence-corrected chi connectivity index (χ4v) is 1.25. The zero-order valence-corrected chi connectivity index (χ0v) is 9.73. The molecular weight excluding hydrogens is 215 g/mol. The standard InChI is InChI=1S/C11H13FO2S/c1-11(2,3)15-14-10(13)8-5-4-6-9(12)7-8/h4-7H,1-3H3. The van der Waals surface area contributed by atoms with Crippen LogP contribution in [0.15, 0.2) is 24.3 Å². The molecule has 0 aliphatic heterocycles. The van der Waals surface area contributed by atoms with Crippen LogP contribution in [0.4, 0.5) is 4.39 Å². The molecule has 0 aromatic heterocycles. The van der Waals surface area contributed by atoms with Crippen LogP contribution >= 0.6 is 12.0 Å². The lowest BCUT2D eigenvalue weighted by molar-refractivity contribution is 0.0764. The topological polar surface area (TPSA) is 26.3 Å². The smallest absolute Gasteiger partial charge is 0.350 e. The highest BCUT2D eigenvalue weighted by Crippen LogP contribution is 2.25. The maximum atomic E-state index is 12.8. The maximum absolute atomic E-state index is 12.8. The normalized spacial score (nSPS) is 11.2. The summed E-state index contributed by atoms with van der Waals surface area (Å²) in [4.78, 5) is 11.4. The van der Waals surface area contributed by atoms with E-state index in [1.54, 1.807) is 0 Å². The minimum atomic E-state index is -0.519. The van der Waals surface area contributed by atoms with Gasteiger partial charge in [0.05, 0.1) is 17.6 Å². The quantitative estimate of drug-likeness (QED) is 0.725. The lowest BCUT2D eigenvalue weighted by Gasteiger charge is -2.15. The third kappa shape index (κ3) is 4.34. The molecule has 2 nitrogen and oxygen atoms in total. The molecule has 15 heavy (non-hydrogen) atoms. The summed E-state index contributed by atoms with van der Waals surface area (Å²) < 4.78 is 17.6. The van der Waals surface area contributed by atoms with Gasteiger partial charge in [0.15, 0.2) is 0 Å². The molecule has 0 bridgehead atoms. The molecule has 1 aromatic rings. The van der Waals surface area contributed by atoms with Gasteiger partial charge in [-0.2, -0.15) is 0 Å². The van der Waals surface area contributed by atoms with Crippen molar-refractivity contribution in [3.8, 4) is 0 Å². The highest BCUT2D eigenvalue weighted by Gasteiger charge is 2.16. The van der Waals surface area contributed by atoms with Gasteiger partial charge in [-0.3, -0.25) is 0 Å². The molecule has 0 unspecified atom stereocenters. The van der Waals surface area contributed by atoms with Crippen molar-refractivity contribution in [3.05, 3.63) is 35.6 Å². The number of rotatable bonds is 2. The number of carbonyl (C=O) groups excluding carboxylic acids is 1. The molecule has 0 fully saturated rings. The Bertz CT molecular complexity index is 358. The van der Waals surface area contributed by atoms with Gasteiger partial charge in [-0.15, -0.1) is 0 Å². The predicted octanol–water partition coefficient (Wildman–Crippen LogP) is 3.43. The molecule has 0 amide bonds. The zero-order chi connectivity index (χ0) is 11.5. The molecular formula is C11H13FO2S. The van der Waals surface area contributed by atoms with Gasteiger partial charge in [0, 0.05) is 4.75 Å². The monoisotopic (exact) mass is 228 g/mol. The minimum absolute atomic E-state index is 0.164. The molecule has 0 aliphatic carbocycles. The highest BCUT2D eigenvalue weighted by atomic mass is 32.2. The summed E-state index contributed by atoms with van der Waals surface area (Å²) in [5.41, 5.74) is 0.228. The summed E-state index contributed by atoms with van der Waals surface area (Å²) in [6.45, 7) is 5.78. The summed E-state index contributed by atoms with van der Waals surface area (Å²) in [5.74, 6) is -0.959. The number of halogens is 1. The van der Waals surface area contributed by atoms with Crippen LogP contribution in [0.3, 0.4) is 0 Å². The lowest BCUT2D eigenvalue weighted by Crippen LogP contribution is -2.11. The van der Waals surface area contributed by atoms with Crippen LogP contribution in [0.2, 0.25) is 0 Å². The van der Waals surface area contributed by atoms with Crippen molar-refractivity contribution in [2.24, 2.45) is 0 Å². The first-order valence-electron chi connectivity index (χ1n) is 4.54. The van der Waals surface area contributed by atoms with Crippen molar-refractivity contribution in [3.63, 3.8) is 0 Å². The van der Waals surface area contributed by atoms with Crippen molar-refractivity contribution in [1.82, 2.24) is 0 Å². The molecule has 0 saturated heterocycles. The van der Waals surface area contributed by atoms with Crippen LogP contribution < -0.4 is 0 Å². The molecule has 82 valence electrons. The predicted molar refractivity (Wildman–Crippen MR) is 59.2 cm³/mol. The SMILES string of the molecule is CC(C)(C)SOC(=O)c1cccc(F)c1. The fraction of sp³-hybridized carbons (Fsp3) is 0.364. The van der Waals surface area contributed by atoms with Gasteiger partial charge in [-0.25, -0.2) is 9.18 Å². The number of hydrogen-bond donors (Lipinski definition) is 0. The van der Waals surface area contributed by atoms with Crippen molar-refractivity contribution in [2.45, 2.75) is 25.5 Å². The second-order valence-corrected chi connectivity index (χ2v) is 5.63. The van der Waals surface area contributed by atoms with E-state index in [9.17, 15) is 9.18 Å². The van der Waals surface area contributed by atoms with Gasteiger partial charge in [0.25, 0.3) is 0 Å². The zero-order valence-electron chi connectivity index (χ0n) is 8.91. The molecule has 4 heteroatoms. The van der Waals surface area contributed by atoms with Crippen molar-refractivity contribution in [2.75, 3.05) is 0 Å². The van der Waals surface area contributed by atoms with Gasteiger partial charge in [0.1, 0.15) is 5.82 Å². The van der Waals surface area contributed by atoms with E-state index in [1.165, 1.54) is 18.2 Å². The maximum Gasteiger partial charge on any atom is 0.350 e. The van der Waals surface area contributed by atoms with E-state index in [4.69, 9.17) is 4.18 Å². The Balaban J connectivity index is 2.62. The van der Waals surface area contributed by atoms with Crippen molar-refractivity contribution < 1.29 is 13.4 Å². The molecule has 1 rings (SSSR count). The summed E-state index contributed by atoms with van der Waals surface area (Å²) in [6.07, 6.45) is 0. The summed E-state index contributed by atoms with van der Waals surface area (Å²) >= 11 is 1.07.